The molecule has 0 radical (unpaired) electrons. The summed E-state index contributed by atoms with van der Waals surface area (Å²) in [6, 6.07) is 14.9. The van der Waals surface area contributed by atoms with Crippen molar-refractivity contribution in [3.8, 4) is 0 Å². The lowest BCUT2D eigenvalue weighted by Gasteiger charge is -2.57. The van der Waals surface area contributed by atoms with E-state index in [2.05, 4.69) is 17.4 Å². The fourth-order valence-electron chi connectivity index (χ4n) is 8.00. The van der Waals surface area contributed by atoms with Crippen molar-refractivity contribution in [3.63, 3.8) is 0 Å². The summed E-state index contributed by atoms with van der Waals surface area (Å²) in [5.74, 6) is 1.79. The van der Waals surface area contributed by atoms with Crippen LogP contribution in [0, 0.1) is 24.7 Å². The molecule has 0 saturated heterocycles. The summed E-state index contributed by atoms with van der Waals surface area (Å²) < 4.78 is 27.3. The van der Waals surface area contributed by atoms with Gasteiger partial charge in [-0.25, -0.2) is 8.42 Å². The molecule has 2 atom stereocenters. The standard InChI is InChI=1S/C34H47N3O4S/c1-6-24(3)35-33(39)25(4)36(21-26-9-7-23(2)8-10-26)32(38)22-37(42(5,40)41)31-13-11-30(12-14-31)34-18-27-15-28(19-34)17-29(16-27)20-34/h7-14,24-25,27-29H,6,15-22H2,1-5H3,(H,35,39)/t24-,25-,27?,28?,29?,34?/m1/s1. The molecule has 0 spiro atoms. The number of hydrogen-bond acceptors (Lipinski definition) is 4. The highest BCUT2D eigenvalue weighted by molar-refractivity contribution is 7.92. The predicted octanol–water partition coefficient (Wildman–Crippen LogP) is 5.56. The second-order valence-corrected chi connectivity index (χ2v) is 15.4. The summed E-state index contributed by atoms with van der Waals surface area (Å²) in [6.45, 7) is 7.44. The molecule has 4 aliphatic rings. The van der Waals surface area contributed by atoms with Crippen LogP contribution in [0.1, 0.15) is 82.4 Å². The van der Waals surface area contributed by atoms with E-state index in [4.69, 9.17) is 0 Å². The highest BCUT2D eigenvalue weighted by atomic mass is 32.2. The van der Waals surface area contributed by atoms with Crippen LogP contribution in [0.3, 0.4) is 0 Å². The normalized spacial score (nSPS) is 26.0. The Bertz CT molecular complexity index is 1350. The van der Waals surface area contributed by atoms with Crippen LogP contribution in [-0.2, 0) is 31.6 Å². The average Bonchev–Trinajstić information content (AvgIpc) is 2.93. The molecule has 7 nitrogen and oxygen atoms in total. The Labute approximate surface area is 252 Å². The number of rotatable bonds is 11. The van der Waals surface area contributed by atoms with Gasteiger partial charge in [-0.2, -0.15) is 0 Å². The second kappa shape index (κ2) is 12.0. The van der Waals surface area contributed by atoms with Gasteiger partial charge in [0.2, 0.25) is 21.8 Å². The second-order valence-electron chi connectivity index (χ2n) is 13.5. The fourth-order valence-corrected chi connectivity index (χ4v) is 8.85. The first kappa shape index (κ1) is 30.6. The Kier molecular flexibility index (Phi) is 8.75. The molecule has 228 valence electrons. The van der Waals surface area contributed by atoms with Crippen molar-refractivity contribution in [1.29, 1.82) is 0 Å². The molecule has 6 rings (SSSR count). The minimum absolute atomic E-state index is 0.0312. The molecule has 0 unspecified atom stereocenters. The van der Waals surface area contributed by atoms with Crippen molar-refractivity contribution < 1.29 is 18.0 Å². The number of anilines is 1. The van der Waals surface area contributed by atoms with Gasteiger partial charge in [0, 0.05) is 12.6 Å². The van der Waals surface area contributed by atoms with E-state index < -0.39 is 22.0 Å². The molecule has 1 N–H and O–H groups in total. The fraction of sp³-hybridized carbons (Fsp3) is 0.588. The van der Waals surface area contributed by atoms with Crippen molar-refractivity contribution in [3.05, 3.63) is 65.2 Å². The van der Waals surface area contributed by atoms with Gasteiger partial charge in [0.15, 0.2) is 0 Å². The van der Waals surface area contributed by atoms with Crippen LogP contribution in [0.15, 0.2) is 48.5 Å². The van der Waals surface area contributed by atoms with E-state index in [-0.39, 0.29) is 30.5 Å². The van der Waals surface area contributed by atoms with Crippen LogP contribution in [-0.4, -0.2) is 50.0 Å². The van der Waals surface area contributed by atoms with Crippen molar-refractivity contribution in [2.45, 2.75) is 96.7 Å². The molecule has 2 aromatic carbocycles. The molecule has 0 aliphatic heterocycles. The van der Waals surface area contributed by atoms with Crippen molar-refractivity contribution >= 4 is 27.5 Å². The van der Waals surface area contributed by atoms with Gasteiger partial charge in [0.25, 0.3) is 0 Å². The minimum atomic E-state index is -3.77. The van der Waals surface area contributed by atoms with Crippen LogP contribution >= 0.6 is 0 Å². The van der Waals surface area contributed by atoms with Gasteiger partial charge < -0.3 is 10.2 Å². The van der Waals surface area contributed by atoms with E-state index >= 15 is 0 Å². The molecule has 0 aromatic heterocycles. The van der Waals surface area contributed by atoms with Gasteiger partial charge in [-0.05, 0) is 112 Å². The molecule has 8 heteroatoms. The van der Waals surface area contributed by atoms with Crippen LogP contribution in [0.25, 0.3) is 0 Å². The Hall–Kier alpha value is -2.87. The molecule has 42 heavy (non-hydrogen) atoms. The van der Waals surface area contributed by atoms with Crippen LogP contribution in [0.5, 0.6) is 0 Å². The highest BCUT2D eigenvalue weighted by Gasteiger charge is 2.51. The maximum Gasteiger partial charge on any atom is 0.244 e. The number of nitrogens with zero attached hydrogens (tertiary/aromatic N) is 2. The third kappa shape index (κ3) is 6.53. The SMILES string of the molecule is CC[C@@H](C)NC(=O)[C@@H](C)N(Cc1ccc(C)cc1)C(=O)CN(c1ccc(C23CC4CC(CC(C4)C2)C3)cc1)S(C)(=O)=O. The topological polar surface area (TPSA) is 86.8 Å². The predicted molar refractivity (Wildman–Crippen MR) is 168 cm³/mol. The molecule has 4 aliphatic carbocycles. The number of sulfonamides is 1. The van der Waals surface area contributed by atoms with Crippen molar-refractivity contribution in [2.75, 3.05) is 17.1 Å². The average molecular weight is 594 g/mol. The van der Waals surface area contributed by atoms with Gasteiger partial charge in [-0.1, -0.05) is 48.9 Å². The Morgan fingerprint density at radius 3 is 1.98 bits per heavy atom. The first-order valence-electron chi connectivity index (χ1n) is 15.6. The Balaban J connectivity index is 1.38. The van der Waals surface area contributed by atoms with Crippen molar-refractivity contribution in [1.82, 2.24) is 10.2 Å². The zero-order valence-electron chi connectivity index (χ0n) is 25.8. The third-order valence-electron chi connectivity index (χ3n) is 10.1. The lowest BCUT2D eigenvalue weighted by Crippen LogP contribution is -2.52. The van der Waals surface area contributed by atoms with E-state index in [9.17, 15) is 18.0 Å². The van der Waals surface area contributed by atoms with E-state index in [1.807, 2.05) is 57.2 Å². The van der Waals surface area contributed by atoms with Gasteiger partial charge in [-0.15, -0.1) is 0 Å². The van der Waals surface area contributed by atoms with Gasteiger partial charge in [0.1, 0.15) is 12.6 Å². The van der Waals surface area contributed by atoms with Crippen LogP contribution in [0.2, 0.25) is 0 Å². The molecule has 0 heterocycles. The molecule has 4 bridgehead atoms. The third-order valence-corrected chi connectivity index (χ3v) is 11.3. The maximum absolute atomic E-state index is 13.9. The number of amides is 2. The molecular weight excluding hydrogens is 546 g/mol. The number of hydrogen-bond donors (Lipinski definition) is 1. The van der Waals surface area contributed by atoms with Gasteiger partial charge in [-0.3, -0.25) is 13.9 Å². The number of carbonyl (C=O) groups excluding carboxylic acids is 2. The number of aryl methyl sites for hydroxylation is 1. The number of carbonyl (C=O) groups is 2. The first-order chi connectivity index (χ1) is 19.9. The number of nitrogens with one attached hydrogen (secondary N) is 1. The molecule has 4 saturated carbocycles. The van der Waals surface area contributed by atoms with Crippen LogP contribution < -0.4 is 9.62 Å². The zero-order valence-corrected chi connectivity index (χ0v) is 26.6. The first-order valence-corrected chi connectivity index (χ1v) is 17.5. The van der Waals surface area contributed by atoms with Gasteiger partial charge >= 0.3 is 0 Å². The van der Waals surface area contributed by atoms with E-state index in [0.717, 1.165) is 41.6 Å². The molecule has 4 fully saturated rings. The summed E-state index contributed by atoms with van der Waals surface area (Å²) in [7, 11) is -3.77. The van der Waals surface area contributed by atoms with E-state index in [1.165, 1.54) is 53.3 Å². The largest absolute Gasteiger partial charge is 0.352 e. The summed E-state index contributed by atoms with van der Waals surface area (Å²) in [6.07, 6.45) is 9.71. The monoisotopic (exact) mass is 593 g/mol. The van der Waals surface area contributed by atoms with Crippen molar-refractivity contribution in [2.24, 2.45) is 17.8 Å². The summed E-state index contributed by atoms with van der Waals surface area (Å²) in [5, 5.41) is 2.97. The summed E-state index contributed by atoms with van der Waals surface area (Å²) in [4.78, 5) is 28.5. The molecule has 2 amide bonds. The summed E-state index contributed by atoms with van der Waals surface area (Å²) in [5.41, 5.74) is 3.97. The Morgan fingerprint density at radius 1 is 0.929 bits per heavy atom. The lowest BCUT2D eigenvalue weighted by molar-refractivity contribution is -0.139. The molecule has 2 aromatic rings. The van der Waals surface area contributed by atoms with Gasteiger partial charge in [0.05, 0.1) is 11.9 Å². The number of benzene rings is 2. The quantitative estimate of drug-likeness (QED) is 0.370. The summed E-state index contributed by atoms with van der Waals surface area (Å²) >= 11 is 0. The maximum atomic E-state index is 13.9. The van der Waals surface area contributed by atoms with E-state index in [0.29, 0.717) is 5.69 Å². The zero-order chi connectivity index (χ0) is 30.2. The minimum Gasteiger partial charge on any atom is -0.352 e. The molecular formula is C34H47N3O4S. The smallest absolute Gasteiger partial charge is 0.244 e. The lowest BCUT2D eigenvalue weighted by atomic mass is 9.48. The van der Waals surface area contributed by atoms with Crippen LogP contribution in [0.4, 0.5) is 5.69 Å². The highest BCUT2D eigenvalue weighted by Crippen LogP contribution is 2.60. The van der Waals surface area contributed by atoms with E-state index in [1.54, 1.807) is 6.92 Å². The Morgan fingerprint density at radius 2 is 1.48 bits per heavy atom.